The molecule has 7 heteroatoms. The van der Waals surface area contributed by atoms with Crippen molar-refractivity contribution in [2.75, 3.05) is 6.54 Å². The quantitative estimate of drug-likeness (QED) is 0.279. The average Bonchev–Trinajstić information content (AvgIpc) is 1.76. The minimum Gasteiger partial charge on any atom is -0.416 e. The highest BCUT2D eigenvalue weighted by molar-refractivity contribution is 5.68. The van der Waals surface area contributed by atoms with Crippen LogP contribution in [-0.2, 0) is 19.1 Å². The Morgan fingerprint density at radius 1 is 1.29 bits per heavy atom. The standard InChI is InChI=1S/C7H11NO6/c1-5(9)13-7(3,4-8(11)12)14-6(2)10/h4H2,1-3H3. The third-order valence-electron chi connectivity index (χ3n) is 1.14. The predicted octanol–water partition coefficient (Wildman–Crippen LogP) is 0.105. The van der Waals surface area contributed by atoms with E-state index in [2.05, 4.69) is 9.47 Å². The van der Waals surface area contributed by atoms with Crippen LogP contribution in [0, 0.1) is 10.1 Å². The number of carbonyl (C=O) groups excluding carboxylic acids is 2. The van der Waals surface area contributed by atoms with Crippen LogP contribution in [0.15, 0.2) is 0 Å². The molecule has 0 N–H and O–H groups in total. The van der Waals surface area contributed by atoms with Gasteiger partial charge >= 0.3 is 17.7 Å². The summed E-state index contributed by atoms with van der Waals surface area (Å²) in [5, 5.41) is 10.2. The van der Waals surface area contributed by atoms with Crippen LogP contribution in [-0.4, -0.2) is 29.2 Å². The van der Waals surface area contributed by atoms with Crippen molar-refractivity contribution >= 4 is 11.9 Å². The molecule has 0 radical (unpaired) electrons. The molecule has 0 bridgehead atoms. The molecule has 0 aliphatic carbocycles. The Balaban J connectivity index is 4.56. The molecule has 0 heterocycles. The molecule has 7 nitrogen and oxygen atoms in total. The molecule has 0 aliphatic rings. The maximum Gasteiger partial charge on any atom is 0.318 e. The fourth-order valence-corrected chi connectivity index (χ4v) is 0.928. The molecule has 0 rings (SSSR count). The van der Waals surface area contributed by atoms with Gasteiger partial charge in [0.05, 0.1) is 0 Å². The Hall–Kier alpha value is -1.66. The summed E-state index contributed by atoms with van der Waals surface area (Å²) in [7, 11) is 0. The third kappa shape index (κ3) is 5.07. The van der Waals surface area contributed by atoms with Gasteiger partial charge in [-0.3, -0.25) is 19.7 Å². The van der Waals surface area contributed by atoms with E-state index in [1.807, 2.05) is 0 Å². The lowest BCUT2D eigenvalue weighted by molar-refractivity contribution is -0.514. The maximum absolute atomic E-state index is 10.6. The molecule has 0 aliphatic heterocycles. The van der Waals surface area contributed by atoms with Gasteiger partial charge in [0.2, 0.25) is 0 Å². The molecule has 0 aromatic rings. The molecule has 14 heavy (non-hydrogen) atoms. The molecule has 0 atom stereocenters. The zero-order chi connectivity index (χ0) is 11.4. The van der Waals surface area contributed by atoms with Crippen LogP contribution >= 0.6 is 0 Å². The van der Waals surface area contributed by atoms with Crippen molar-refractivity contribution in [2.24, 2.45) is 0 Å². The lowest BCUT2D eigenvalue weighted by atomic mass is 10.3. The second-order valence-corrected chi connectivity index (χ2v) is 2.81. The number of hydrogen-bond donors (Lipinski definition) is 0. The maximum atomic E-state index is 10.6. The average molecular weight is 205 g/mol. The zero-order valence-corrected chi connectivity index (χ0v) is 8.10. The Kier molecular flexibility index (Phi) is 4.00. The summed E-state index contributed by atoms with van der Waals surface area (Å²) < 4.78 is 9.07. The third-order valence-corrected chi connectivity index (χ3v) is 1.14. The van der Waals surface area contributed by atoms with Crippen molar-refractivity contribution in [3.8, 4) is 0 Å². The van der Waals surface area contributed by atoms with Gasteiger partial charge in [-0.25, -0.2) is 0 Å². The monoisotopic (exact) mass is 205 g/mol. The predicted molar refractivity (Wildman–Crippen MR) is 43.8 cm³/mol. The van der Waals surface area contributed by atoms with E-state index < -0.39 is 29.2 Å². The summed E-state index contributed by atoms with van der Waals surface area (Å²) in [5.74, 6) is -3.34. The van der Waals surface area contributed by atoms with Gasteiger partial charge in [-0.15, -0.1) is 0 Å². The molecule has 0 saturated heterocycles. The minimum absolute atomic E-state index is 0.730. The van der Waals surface area contributed by atoms with Crippen molar-refractivity contribution in [3.63, 3.8) is 0 Å². The number of rotatable bonds is 4. The Morgan fingerprint density at radius 2 is 1.64 bits per heavy atom. The fourth-order valence-electron chi connectivity index (χ4n) is 0.928. The molecular formula is C7H11NO6. The van der Waals surface area contributed by atoms with Crippen molar-refractivity contribution in [1.29, 1.82) is 0 Å². The number of hydrogen-bond acceptors (Lipinski definition) is 6. The highest BCUT2D eigenvalue weighted by Crippen LogP contribution is 2.13. The van der Waals surface area contributed by atoms with E-state index in [1.165, 1.54) is 0 Å². The zero-order valence-electron chi connectivity index (χ0n) is 8.10. The number of esters is 2. The molecule has 0 unspecified atom stereocenters. The second kappa shape index (κ2) is 4.54. The van der Waals surface area contributed by atoms with Crippen LogP contribution in [0.2, 0.25) is 0 Å². The van der Waals surface area contributed by atoms with Gasteiger partial charge < -0.3 is 9.47 Å². The molecule has 0 aromatic carbocycles. The lowest BCUT2D eigenvalue weighted by Crippen LogP contribution is -2.42. The molecule has 0 amide bonds. The summed E-state index contributed by atoms with van der Waals surface area (Å²) in [5.41, 5.74) is 0. The highest BCUT2D eigenvalue weighted by Gasteiger charge is 2.37. The van der Waals surface area contributed by atoms with Crippen LogP contribution < -0.4 is 0 Å². The van der Waals surface area contributed by atoms with Crippen molar-refractivity contribution < 1.29 is 24.0 Å². The smallest absolute Gasteiger partial charge is 0.318 e. The van der Waals surface area contributed by atoms with Gasteiger partial charge in [-0.1, -0.05) is 0 Å². The lowest BCUT2D eigenvalue weighted by Gasteiger charge is -2.23. The van der Waals surface area contributed by atoms with E-state index in [0.717, 1.165) is 20.8 Å². The number of nitro groups is 1. The first-order valence-corrected chi connectivity index (χ1v) is 3.76. The normalized spacial score (nSPS) is 10.5. The summed E-state index contributed by atoms with van der Waals surface area (Å²) in [4.78, 5) is 30.6. The van der Waals surface area contributed by atoms with Gasteiger partial charge in [-0.2, -0.15) is 0 Å². The van der Waals surface area contributed by atoms with Gasteiger partial charge in [0, 0.05) is 25.7 Å². The molecule has 80 valence electrons. The summed E-state index contributed by atoms with van der Waals surface area (Å²) in [6, 6.07) is 0. The minimum atomic E-state index is -1.83. The second-order valence-electron chi connectivity index (χ2n) is 2.81. The van der Waals surface area contributed by atoms with Crippen LogP contribution in [0.1, 0.15) is 20.8 Å². The topological polar surface area (TPSA) is 95.7 Å². The number of ether oxygens (including phenoxy) is 2. The van der Waals surface area contributed by atoms with E-state index in [1.54, 1.807) is 0 Å². The van der Waals surface area contributed by atoms with Gasteiger partial charge in [-0.05, 0) is 0 Å². The summed E-state index contributed by atoms with van der Waals surface area (Å²) in [6.07, 6.45) is 0. The SMILES string of the molecule is CC(=O)OC(C)(C[N+](=O)[O-])OC(C)=O. The van der Waals surface area contributed by atoms with Crippen LogP contribution in [0.5, 0.6) is 0 Å². The van der Waals surface area contributed by atoms with Crippen molar-refractivity contribution in [1.82, 2.24) is 0 Å². The number of nitrogens with zero attached hydrogens (tertiary/aromatic N) is 1. The molecule has 0 spiro atoms. The highest BCUT2D eigenvalue weighted by atomic mass is 16.7. The number of carbonyl (C=O) groups is 2. The first-order valence-electron chi connectivity index (χ1n) is 3.76. The Bertz CT molecular complexity index is 220. The molecule has 0 saturated carbocycles. The molecule has 0 fully saturated rings. The first kappa shape index (κ1) is 12.3. The van der Waals surface area contributed by atoms with E-state index in [0.29, 0.717) is 0 Å². The summed E-state index contributed by atoms with van der Waals surface area (Å²) >= 11 is 0. The van der Waals surface area contributed by atoms with Crippen LogP contribution in [0.25, 0.3) is 0 Å². The van der Waals surface area contributed by atoms with Crippen molar-refractivity contribution in [2.45, 2.75) is 26.6 Å². The Morgan fingerprint density at radius 3 is 1.86 bits per heavy atom. The molecule has 0 aromatic heterocycles. The van der Waals surface area contributed by atoms with Crippen LogP contribution in [0.3, 0.4) is 0 Å². The van der Waals surface area contributed by atoms with Crippen molar-refractivity contribution in [3.05, 3.63) is 10.1 Å². The Labute approximate surface area is 80.1 Å². The van der Waals surface area contributed by atoms with E-state index >= 15 is 0 Å². The van der Waals surface area contributed by atoms with Gasteiger partial charge in [0.1, 0.15) is 0 Å². The molecular weight excluding hydrogens is 194 g/mol. The van der Waals surface area contributed by atoms with Gasteiger partial charge in [0.15, 0.2) is 0 Å². The van der Waals surface area contributed by atoms with E-state index in [9.17, 15) is 19.7 Å². The van der Waals surface area contributed by atoms with Gasteiger partial charge in [0.25, 0.3) is 6.54 Å². The largest absolute Gasteiger partial charge is 0.416 e. The van der Waals surface area contributed by atoms with E-state index in [-0.39, 0.29) is 0 Å². The summed E-state index contributed by atoms with van der Waals surface area (Å²) in [6.45, 7) is 2.51. The first-order chi connectivity index (χ1) is 6.25. The van der Waals surface area contributed by atoms with Crippen LogP contribution in [0.4, 0.5) is 0 Å². The fraction of sp³-hybridized carbons (Fsp3) is 0.714. The van der Waals surface area contributed by atoms with E-state index in [4.69, 9.17) is 0 Å².